The van der Waals surface area contributed by atoms with E-state index in [0.717, 1.165) is 30.1 Å². The van der Waals surface area contributed by atoms with Crippen molar-refractivity contribution < 1.29 is 9.90 Å². The third kappa shape index (κ3) is 2.96. The van der Waals surface area contributed by atoms with Gasteiger partial charge in [-0.15, -0.1) is 0 Å². The van der Waals surface area contributed by atoms with E-state index in [1.165, 1.54) is 29.0 Å². The van der Waals surface area contributed by atoms with Crippen molar-refractivity contribution in [2.75, 3.05) is 5.75 Å². The number of carboxylic acids is 1. The summed E-state index contributed by atoms with van der Waals surface area (Å²) in [6.45, 7) is 2.40. The van der Waals surface area contributed by atoms with E-state index in [1.807, 2.05) is 18.2 Å². The first-order valence-electron chi connectivity index (χ1n) is 9.82. The van der Waals surface area contributed by atoms with Gasteiger partial charge in [-0.3, -0.25) is 0 Å². The Hall–Kier alpha value is -2.46. The minimum atomic E-state index is -0.886. The van der Waals surface area contributed by atoms with Gasteiger partial charge in [0.2, 0.25) is 0 Å². The molecule has 1 fully saturated rings. The van der Waals surface area contributed by atoms with Gasteiger partial charge in [0, 0.05) is 21.9 Å². The second kappa shape index (κ2) is 6.56. The lowest BCUT2D eigenvalue weighted by Gasteiger charge is -2.28. The van der Waals surface area contributed by atoms with Gasteiger partial charge in [-0.1, -0.05) is 36.4 Å². The molecule has 142 valence electrons. The molecule has 4 heteroatoms. The molecule has 0 spiro atoms. The molecule has 1 aliphatic carbocycles. The number of aromatic carboxylic acids is 1. The standard InChI is InChI=1S/C24H23NO2S/c1-24(15-28-24)19-10-11-21-18(12-19)14-22(16-6-3-2-4-7-16)25(21)20-9-5-8-17(13-20)23(26)27/h2-9,13-14,19H,10-12,15H2,1H3,(H,26,27)/t19?,24-/m1/s1. The van der Waals surface area contributed by atoms with Gasteiger partial charge in [0.15, 0.2) is 0 Å². The van der Waals surface area contributed by atoms with Crippen LogP contribution in [0.3, 0.4) is 0 Å². The number of rotatable bonds is 4. The van der Waals surface area contributed by atoms with Gasteiger partial charge < -0.3 is 9.67 Å². The lowest BCUT2D eigenvalue weighted by Crippen LogP contribution is -2.26. The van der Waals surface area contributed by atoms with E-state index in [2.05, 4.69) is 53.6 Å². The van der Waals surface area contributed by atoms with Crippen LogP contribution < -0.4 is 0 Å². The van der Waals surface area contributed by atoms with Crippen molar-refractivity contribution in [2.24, 2.45) is 5.92 Å². The molecule has 2 aromatic carbocycles. The summed E-state index contributed by atoms with van der Waals surface area (Å²) in [6, 6.07) is 20.1. The molecule has 3 nitrogen and oxygen atoms in total. The molecule has 0 radical (unpaired) electrons. The van der Waals surface area contributed by atoms with Gasteiger partial charge in [0.1, 0.15) is 0 Å². The summed E-state index contributed by atoms with van der Waals surface area (Å²) >= 11 is 2.09. The molecule has 1 aromatic heterocycles. The number of thioether (sulfide) groups is 1. The van der Waals surface area contributed by atoms with Gasteiger partial charge in [-0.05, 0) is 67.5 Å². The zero-order chi connectivity index (χ0) is 19.3. The summed E-state index contributed by atoms with van der Waals surface area (Å²) in [6.07, 6.45) is 3.36. The number of benzene rings is 2. The maximum absolute atomic E-state index is 11.5. The third-order valence-corrected chi connectivity index (χ3v) is 7.81. The van der Waals surface area contributed by atoms with Crippen molar-refractivity contribution in [1.82, 2.24) is 4.57 Å². The van der Waals surface area contributed by atoms with Crippen LogP contribution in [0.25, 0.3) is 16.9 Å². The van der Waals surface area contributed by atoms with Crippen molar-refractivity contribution in [3.8, 4) is 16.9 Å². The maximum atomic E-state index is 11.5. The molecule has 1 aliphatic heterocycles. The van der Waals surface area contributed by atoms with Crippen LogP contribution in [0.15, 0.2) is 60.7 Å². The van der Waals surface area contributed by atoms with E-state index in [-0.39, 0.29) is 0 Å². The average Bonchev–Trinajstić information content (AvgIpc) is 3.36. The van der Waals surface area contributed by atoms with Crippen molar-refractivity contribution >= 4 is 17.7 Å². The molecule has 0 saturated carbocycles. The van der Waals surface area contributed by atoms with E-state index in [0.29, 0.717) is 10.3 Å². The number of hydrogen-bond donors (Lipinski definition) is 1. The highest BCUT2D eigenvalue weighted by molar-refractivity contribution is 8.07. The summed E-state index contributed by atoms with van der Waals surface area (Å²) in [7, 11) is 0. The Morgan fingerprint density at radius 3 is 2.64 bits per heavy atom. The smallest absolute Gasteiger partial charge is 0.335 e. The summed E-state index contributed by atoms with van der Waals surface area (Å²) in [5, 5.41) is 9.45. The van der Waals surface area contributed by atoms with Gasteiger partial charge in [-0.25, -0.2) is 4.79 Å². The van der Waals surface area contributed by atoms with Crippen LogP contribution in [-0.4, -0.2) is 26.1 Å². The van der Waals surface area contributed by atoms with Crippen molar-refractivity contribution in [1.29, 1.82) is 0 Å². The van der Waals surface area contributed by atoms with Gasteiger partial charge in [0.05, 0.1) is 11.3 Å². The molecule has 2 heterocycles. The van der Waals surface area contributed by atoms with Crippen molar-refractivity contribution in [3.05, 3.63) is 77.5 Å². The predicted octanol–water partition coefficient (Wildman–Crippen LogP) is 5.45. The number of aromatic nitrogens is 1. The van der Waals surface area contributed by atoms with Crippen LogP contribution in [0.5, 0.6) is 0 Å². The second-order valence-corrected chi connectivity index (χ2v) is 9.61. The molecule has 2 atom stereocenters. The fourth-order valence-electron chi connectivity index (χ4n) is 4.49. The highest BCUT2D eigenvalue weighted by atomic mass is 32.2. The van der Waals surface area contributed by atoms with E-state index < -0.39 is 5.97 Å². The van der Waals surface area contributed by atoms with Gasteiger partial charge >= 0.3 is 5.97 Å². The molecule has 1 saturated heterocycles. The van der Waals surface area contributed by atoms with E-state index in [4.69, 9.17) is 0 Å². The Kier molecular flexibility index (Phi) is 4.13. The Morgan fingerprint density at radius 1 is 1.14 bits per heavy atom. The maximum Gasteiger partial charge on any atom is 0.335 e. The van der Waals surface area contributed by atoms with Gasteiger partial charge in [0.25, 0.3) is 0 Å². The Morgan fingerprint density at radius 2 is 1.93 bits per heavy atom. The molecule has 0 bridgehead atoms. The van der Waals surface area contributed by atoms with Crippen LogP contribution in [0.4, 0.5) is 0 Å². The zero-order valence-electron chi connectivity index (χ0n) is 15.9. The Balaban J connectivity index is 1.66. The number of fused-ring (bicyclic) bond motifs is 1. The molecule has 0 amide bonds. The summed E-state index contributed by atoms with van der Waals surface area (Å²) < 4.78 is 2.74. The fraction of sp³-hybridized carbons (Fsp3) is 0.292. The predicted molar refractivity (Wildman–Crippen MR) is 115 cm³/mol. The number of nitrogens with zero attached hydrogens (tertiary/aromatic N) is 1. The monoisotopic (exact) mass is 389 g/mol. The topological polar surface area (TPSA) is 42.2 Å². The first-order valence-corrected chi connectivity index (χ1v) is 10.8. The van der Waals surface area contributed by atoms with E-state index in [1.54, 1.807) is 12.1 Å². The highest BCUT2D eigenvalue weighted by Crippen LogP contribution is 2.54. The fourth-order valence-corrected chi connectivity index (χ4v) is 5.39. The van der Waals surface area contributed by atoms with Crippen molar-refractivity contribution in [2.45, 2.75) is 30.9 Å². The third-order valence-electron chi connectivity index (χ3n) is 6.27. The lowest BCUT2D eigenvalue weighted by molar-refractivity contribution is 0.0697. The second-order valence-electron chi connectivity index (χ2n) is 8.10. The molecule has 1 unspecified atom stereocenters. The summed E-state index contributed by atoms with van der Waals surface area (Å²) in [5.74, 6) is 1.12. The largest absolute Gasteiger partial charge is 0.478 e. The summed E-state index contributed by atoms with van der Waals surface area (Å²) in [4.78, 5) is 11.5. The Labute approximate surface area is 169 Å². The van der Waals surface area contributed by atoms with E-state index >= 15 is 0 Å². The minimum absolute atomic E-state index is 0.328. The summed E-state index contributed by atoms with van der Waals surface area (Å²) in [5.41, 5.74) is 6.35. The number of hydrogen-bond acceptors (Lipinski definition) is 2. The van der Waals surface area contributed by atoms with E-state index in [9.17, 15) is 9.90 Å². The molecule has 3 aromatic rings. The average molecular weight is 390 g/mol. The molecule has 28 heavy (non-hydrogen) atoms. The SMILES string of the molecule is C[C@]1(C2CCc3c(cc(-c4ccccc4)n3-c3cccc(C(=O)O)c3)C2)CS1. The van der Waals surface area contributed by atoms with Gasteiger partial charge in [-0.2, -0.15) is 11.8 Å². The normalized spacial score (nSPS) is 23.2. The molecule has 5 rings (SSSR count). The van der Waals surface area contributed by atoms with Crippen molar-refractivity contribution in [3.63, 3.8) is 0 Å². The quantitative estimate of drug-likeness (QED) is 0.603. The number of carbonyl (C=O) groups is 1. The zero-order valence-corrected chi connectivity index (χ0v) is 16.7. The van der Waals surface area contributed by atoms with Crippen LogP contribution in [-0.2, 0) is 12.8 Å². The number of carboxylic acid groups (broad SMARTS) is 1. The lowest BCUT2D eigenvalue weighted by atomic mass is 9.80. The van der Waals surface area contributed by atoms with Crippen LogP contribution in [0, 0.1) is 5.92 Å². The molecule has 2 aliphatic rings. The minimum Gasteiger partial charge on any atom is -0.478 e. The Bertz CT molecular complexity index is 1050. The molecule has 1 N–H and O–H groups in total. The first kappa shape index (κ1) is 17.6. The molecular formula is C24H23NO2S. The molecular weight excluding hydrogens is 366 g/mol. The van der Waals surface area contributed by atoms with Crippen LogP contribution in [0.2, 0.25) is 0 Å². The van der Waals surface area contributed by atoms with Crippen LogP contribution in [0.1, 0.15) is 35.0 Å². The first-order chi connectivity index (χ1) is 13.5. The van der Waals surface area contributed by atoms with Crippen LogP contribution >= 0.6 is 11.8 Å². The highest BCUT2D eigenvalue weighted by Gasteiger charge is 2.47.